The van der Waals surface area contributed by atoms with Crippen LogP contribution in [0.5, 0.6) is 0 Å². The summed E-state index contributed by atoms with van der Waals surface area (Å²) in [6.07, 6.45) is 4.83. The summed E-state index contributed by atoms with van der Waals surface area (Å²) in [4.78, 5) is 4.95. The van der Waals surface area contributed by atoms with E-state index in [-0.39, 0.29) is 5.54 Å². The van der Waals surface area contributed by atoms with E-state index in [9.17, 15) is 0 Å². The van der Waals surface area contributed by atoms with Crippen molar-refractivity contribution in [3.63, 3.8) is 0 Å². The average molecular weight is 241 g/mol. The molecule has 0 spiro atoms. The van der Waals surface area contributed by atoms with E-state index in [0.717, 1.165) is 32.7 Å². The molecule has 0 aromatic heterocycles. The summed E-state index contributed by atoms with van der Waals surface area (Å²) in [7, 11) is 4.46. The number of likely N-dealkylation sites (tertiary alicyclic amines) is 1. The maximum atomic E-state index is 6.12. The van der Waals surface area contributed by atoms with Crippen LogP contribution < -0.4 is 5.73 Å². The standard InChI is InChI=1S/C13H27N3O/c1-15-7-3-5-13(11-14,6-8-15)16(2)12-4-9-17-10-12/h12H,3-11,14H2,1-2H3. The van der Waals surface area contributed by atoms with Gasteiger partial charge in [0.1, 0.15) is 0 Å². The van der Waals surface area contributed by atoms with Crippen LogP contribution >= 0.6 is 0 Å². The second-order valence-electron chi connectivity index (χ2n) is 5.71. The Labute approximate surface area is 105 Å². The molecule has 0 aromatic rings. The van der Waals surface area contributed by atoms with E-state index in [1.807, 2.05) is 0 Å². The summed E-state index contributed by atoms with van der Waals surface area (Å²) in [5.74, 6) is 0. The van der Waals surface area contributed by atoms with E-state index >= 15 is 0 Å². The van der Waals surface area contributed by atoms with Crippen molar-refractivity contribution in [3.8, 4) is 0 Å². The average Bonchev–Trinajstić information content (AvgIpc) is 2.80. The zero-order chi connectivity index (χ0) is 12.3. The minimum Gasteiger partial charge on any atom is -0.380 e. The fourth-order valence-electron chi connectivity index (χ4n) is 3.23. The van der Waals surface area contributed by atoms with Gasteiger partial charge in [0.15, 0.2) is 0 Å². The maximum Gasteiger partial charge on any atom is 0.0622 e. The molecule has 0 radical (unpaired) electrons. The van der Waals surface area contributed by atoms with Gasteiger partial charge in [0.05, 0.1) is 6.61 Å². The molecule has 2 N–H and O–H groups in total. The fraction of sp³-hybridized carbons (Fsp3) is 1.00. The molecular formula is C13H27N3O. The zero-order valence-corrected chi connectivity index (χ0v) is 11.3. The van der Waals surface area contributed by atoms with Gasteiger partial charge in [0, 0.05) is 24.7 Å². The molecule has 0 saturated carbocycles. The Kier molecular flexibility index (Phi) is 4.42. The number of nitrogens with zero attached hydrogens (tertiary/aromatic N) is 2. The first-order valence-electron chi connectivity index (χ1n) is 6.87. The van der Waals surface area contributed by atoms with Crippen LogP contribution in [-0.2, 0) is 4.74 Å². The molecule has 4 nitrogen and oxygen atoms in total. The molecule has 0 aromatic carbocycles. The molecule has 4 heteroatoms. The lowest BCUT2D eigenvalue weighted by atomic mass is 9.87. The van der Waals surface area contributed by atoms with Crippen LogP contribution in [0.3, 0.4) is 0 Å². The number of rotatable bonds is 3. The zero-order valence-electron chi connectivity index (χ0n) is 11.3. The summed E-state index contributed by atoms with van der Waals surface area (Å²) in [5, 5.41) is 0. The molecule has 2 unspecified atom stereocenters. The molecule has 2 aliphatic heterocycles. The van der Waals surface area contributed by atoms with Gasteiger partial charge in [-0.15, -0.1) is 0 Å². The van der Waals surface area contributed by atoms with Gasteiger partial charge in [0.25, 0.3) is 0 Å². The Bertz CT molecular complexity index is 243. The molecule has 2 heterocycles. The van der Waals surface area contributed by atoms with Crippen LogP contribution in [0.1, 0.15) is 25.7 Å². The fourth-order valence-corrected chi connectivity index (χ4v) is 3.23. The Balaban J connectivity index is 2.05. The number of hydrogen-bond donors (Lipinski definition) is 1. The highest BCUT2D eigenvalue weighted by molar-refractivity contribution is 4.96. The van der Waals surface area contributed by atoms with Crippen LogP contribution in [0.4, 0.5) is 0 Å². The predicted molar refractivity (Wildman–Crippen MR) is 70.1 cm³/mol. The number of nitrogens with two attached hydrogens (primary N) is 1. The highest BCUT2D eigenvalue weighted by atomic mass is 16.5. The summed E-state index contributed by atoms with van der Waals surface area (Å²) in [6, 6.07) is 0.571. The van der Waals surface area contributed by atoms with Gasteiger partial charge in [-0.25, -0.2) is 0 Å². The molecule has 2 saturated heterocycles. The number of hydrogen-bond acceptors (Lipinski definition) is 4. The molecule has 2 atom stereocenters. The van der Waals surface area contributed by atoms with Crippen molar-refractivity contribution in [2.24, 2.45) is 5.73 Å². The van der Waals surface area contributed by atoms with Crippen molar-refractivity contribution < 1.29 is 4.74 Å². The highest BCUT2D eigenvalue weighted by Gasteiger charge is 2.38. The van der Waals surface area contributed by atoms with Crippen molar-refractivity contribution in [1.82, 2.24) is 9.80 Å². The van der Waals surface area contributed by atoms with E-state index in [1.165, 1.54) is 25.8 Å². The van der Waals surface area contributed by atoms with Crippen molar-refractivity contribution in [3.05, 3.63) is 0 Å². The second-order valence-corrected chi connectivity index (χ2v) is 5.71. The minimum atomic E-state index is 0.198. The van der Waals surface area contributed by atoms with Gasteiger partial charge < -0.3 is 15.4 Å². The molecule has 0 bridgehead atoms. The molecule has 100 valence electrons. The van der Waals surface area contributed by atoms with Crippen LogP contribution in [0, 0.1) is 0 Å². The topological polar surface area (TPSA) is 41.7 Å². The first-order valence-corrected chi connectivity index (χ1v) is 6.87. The molecule has 2 aliphatic rings. The molecule has 0 amide bonds. The monoisotopic (exact) mass is 241 g/mol. The Morgan fingerprint density at radius 3 is 2.88 bits per heavy atom. The maximum absolute atomic E-state index is 6.12. The molecule has 0 aliphatic carbocycles. The van der Waals surface area contributed by atoms with Gasteiger partial charge in [-0.2, -0.15) is 0 Å². The predicted octanol–water partition coefficient (Wildman–Crippen LogP) is 0.520. The lowest BCUT2D eigenvalue weighted by Crippen LogP contribution is -2.56. The van der Waals surface area contributed by atoms with Crippen LogP contribution in [0.2, 0.25) is 0 Å². The number of ether oxygens (including phenoxy) is 1. The van der Waals surface area contributed by atoms with Gasteiger partial charge in [-0.05, 0) is 52.9 Å². The van der Waals surface area contributed by atoms with Crippen molar-refractivity contribution in [2.75, 3.05) is 46.9 Å². The molecule has 2 rings (SSSR count). The van der Waals surface area contributed by atoms with E-state index in [1.54, 1.807) is 0 Å². The van der Waals surface area contributed by atoms with Crippen molar-refractivity contribution in [2.45, 2.75) is 37.3 Å². The van der Waals surface area contributed by atoms with Gasteiger partial charge in [-0.1, -0.05) is 0 Å². The normalized spacial score (nSPS) is 36.4. The third-order valence-corrected chi connectivity index (χ3v) is 4.72. The van der Waals surface area contributed by atoms with Crippen molar-refractivity contribution in [1.29, 1.82) is 0 Å². The molecule has 17 heavy (non-hydrogen) atoms. The quantitative estimate of drug-likeness (QED) is 0.782. The van der Waals surface area contributed by atoms with Gasteiger partial charge >= 0.3 is 0 Å². The third kappa shape index (κ3) is 2.81. The van der Waals surface area contributed by atoms with E-state index in [0.29, 0.717) is 6.04 Å². The highest BCUT2D eigenvalue weighted by Crippen LogP contribution is 2.30. The summed E-state index contributed by atoms with van der Waals surface area (Å²) >= 11 is 0. The Morgan fingerprint density at radius 2 is 2.24 bits per heavy atom. The smallest absolute Gasteiger partial charge is 0.0622 e. The van der Waals surface area contributed by atoms with Crippen LogP contribution in [0.15, 0.2) is 0 Å². The molecular weight excluding hydrogens is 214 g/mol. The first kappa shape index (κ1) is 13.3. The first-order chi connectivity index (χ1) is 8.18. The van der Waals surface area contributed by atoms with Crippen LogP contribution in [0.25, 0.3) is 0 Å². The third-order valence-electron chi connectivity index (χ3n) is 4.72. The largest absolute Gasteiger partial charge is 0.380 e. The summed E-state index contributed by atoms with van der Waals surface area (Å²) in [5.41, 5.74) is 6.32. The Morgan fingerprint density at radius 1 is 1.41 bits per heavy atom. The second kappa shape index (κ2) is 5.65. The van der Waals surface area contributed by atoms with Gasteiger partial charge in [0.2, 0.25) is 0 Å². The van der Waals surface area contributed by atoms with Gasteiger partial charge in [-0.3, -0.25) is 4.90 Å². The SMILES string of the molecule is CN1CCCC(CN)(N(C)C2CCOC2)CC1. The summed E-state index contributed by atoms with van der Waals surface area (Å²) < 4.78 is 5.52. The summed E-state index contributed by atoms with van der Waals surface area (Å²) in [6.45, 7) is 4.93. The minimum absolute atomic E-state index is 0.198. The van der Waals surface area contributed by atoms with E-state index < -0.39 is 0 Å². The molecule has 2 fully saturated rings. The lowest BCUT2D eigenvalue weighted by molar-refractivity contribution is 0.0546. The van der Waals surface area contributed by atoms with E-state index in [4.69, 9.17) is 10.5 Å². The number of likely N-dealkylation sites (N-methyl/N-ethyl adjacent to an activating group) is 1. The van der Waals surface area contributed by atoms with E-state index in [2.05, 4.69) is 23.9 Å². The van der Waals surface area contributed by atoms with Crippen LogP contribution in [-0.4, -0.2) is 68.3 Å². The lowest BCUT2D eigenvalue weighted by Gasteiger charge is -2.43. The Hall–Kier alpha value is -0.160. The van der Waals surface area contributed by atoms with Crippen molar-refractivity contribution >= 4 is 0 Å².